The zero-order chi connectivity index (χ0) is 13.1. The molecular formula is C10H19NO5S. The number of carboxylic acid groups (broad SMARTS) is 1. The summed E-state index contributed by atoms with van der Waals surface area (Å²) in [6.07, 6.45) is 0.839. The quantitative estimate of drug-likeness (QED) is 0.731. The van der Waals surface area contributed by atoms with Crippen LogP contribution < -0.4 is 0 Å². The third-order valence-electron chi connectivity index (χ3n) is 2.99. The van der Waals surface area contributed by atoms with E-state index in [0.717, 1.165) is 0 Å². The Hall–Kier alpha value is -0.660. The van der Waals surface area contributed by atoms with Crippen molar-refractivity contribution in [1.82, 2.24) is 4.31 Å². The largest absolute Gasteiger partial charge is 0.481 e. The van der Waals surface area contributed by atoms with Gasteiger partial charge in [0.25, 0.3) is 0 Å². The molecule has 17 heavy (non-hydrogen) atoms. The maximum Gasteiger partial charge on any atom is 0.303 e. The highest BCUT2D eigenvalue weighted by Crippen LogP contribution is 2.23. The fraction of sp³-hybridized carbons (Fsp3) is 0.900. The summed E-state index contributed by atoms with van der Waals surface area (Å²) in [5.74, 6) is -1.12. The van der Waals surface area contributed by atoms with Crippen LogP contribution in [0.4, 0.5) is 0 Å². The monoisotopic (exact) mass is 265 g/mol. The average molecular weight is 265 g/mol. The Morgan fingerprint density at radius 3 is 2.35 bits per heavy atom. The molecule has 0 aromatic heterocycles. The summed E-state index contributed by atoms with van der Waals surface area (Å²) in [7, 11) is -3.37. The molecule has 0 amide bonds. The van der Waals surface area contributed by atoms with E-state index in [1.165, 1.54) is 4.31 Å². The number of rotatable bonds is 5. The lowest BCUT2D eigenvalue weighted by atomic mass is 9.95. The molecule has 1 aliphatic heterocycles. The van der Waals surface area contributed by atoms with Gasteiger partial charge in [-0.25, -0.2) is 12.7 Å². The van der Waals surface area contributed by atoms with Crippen molar-refractivity contribution >= 4 is 16.0 Å². The van der Waals surface area contributed by atoms with Gasteiger partial charge in [0, 0.05) is 19.5 Å². The van der Waals surface area contributed by atoms with Gasteiger partial charge in [-0.05, 0) is 26.2 Å². The molecular weight excluding hydrogens is 246 g/mol. The van der Waals surface area contributed by atoms with E-state index < -0.39 is 21.6 Å². The maximum absolute atomic E-state index is 11.8. The summed E-state index contributed by atoms with van der Waals surface area (Å²) in [6.45, 7) is 2.31. The lowest BCUT2D eigenvalue weighted by molar-refractivity contribution is -0.137. The van der Waals surface area contributed by atoms with Crippen LogP contribution in [-0.2, 0) is 14.8 Å². The smallest absolute Gasteiger partial charge is 0.303 e. The van der Waals surface area contributed by atoms with Crippen LogP contribution in [-0.4, -0.2) is 53.3 Å². The number of carboxylic acids is 1. The molecule has 1 fully saturated rings. The van der Waals surface area contributed by atoms with Crippen LogP contribution in [0.2, 0.25) is 0 Å². The number of piperidine rings is 1. The standard InChI is InChI=1S/C10H19NO5S/c1-10(14)4-6-11(7-5-10)17(15,16)8-2-3-9(12)13/h14H,2-8H2,1H3,(H,12,13). The first kappa shape index (κ1) is 14.4. The van der Waals surface area contributed by atoms with Gasteiger partial charge in [0.1, 0.15) is 0 Å². The normalized spacial score (nSPS) is 21.3. The van der Waals surface area contributed by atoms with Crippen molar-refractivity contribution in [1.29, 1.82) is 0 Å². The first-order valence-corrected chi connectivity index (χ1v) is 7.26. The van der Waals surface area contributed by atoms with E-state index in [-0.39, 0.29) is 18.6 Å². The summed E-state index contributed by atoms with van der Waals surface area (Å²) in [4.78, 5) is 10.3. The van der Waals surface area contributed by atoms with Crippen molar-refractivity contribution < 1.29 is 23.4 Å². The first-order valence-electron chi connectivity index (χ1n) is 5.65. The fourth-order valence-corrected chi connectivity index (χ4v) is 3.29. The van der Waals surface area contributed by atoms with Gasteiger partial charge < -0.3 is 10.2 Å². The topological polar surface area (TPSA) is 94.9 Å². The molecule has 0 saturated carbocycles. The maximum atomic E-state index is 11.8. The highest BCUT2D eigenvalue weighted by atomic mass is 32.2. The van der Waals surface area contributed by atoms with E-state index >= 15 is 0 Å². The molecule has 7 heteroatoms. The van der Waals surface area contributed by atoms with Crippen LogP contribution in [0.5, 0.6) is 0 Å². The predicted octanol–water partition coefficient (Wildman–Crippen LogP) is 0.0278. The second-order valence-corrected chi connectivity index (χ2v) is 6.80. The van der Waals surface area contributed by atoms with Gasteiger partial charge in [-0.1, -0.05) is 0 Å². The van der Waals surface area contributed by atoms with E-state index in [0.29, 0.717) is 25.9 Å². The Balaban J connectivity index is 2.46. The number of nitrogens with zero attached hydrogens (tertiary/aromatic N) is 1. The van der Waals surface area contributed by atoms with Gasteiger partial charge in [-0.3, -0.25) is 4.79 Å². The van der Waals surface area contributed by atoms with Gasteiger partial charge in [0.05, 0.1) is 11.4 Å². The summed E-state index contributed by atoms with van der Waals surface area (Å²) in [6, 6.07) is 0. The van der Waals surface area contributed by atoms with E-state index in [1.54, 1.807) is 6.92 Å². The first-order chi connectivity index (χ1) is 7.73. The van der Waals surface area contributed by atoms with Crippen molar-refractivity contribution in [2.75, 3.05) is 18.8 Å². The number of aliphatic carboxylic acids is 1. The van der Waals surface area contributed by atoms with Gasteiger partial charge in [-0.15, -0.1) is 0 Å². The lowest BCUT2D eigenvalue weighted by Crippen LogP contribution is -2.45. The van der Waals surface area contributed by atoms with Gasteiger partial charge in [0.15, 0.2) is 0 Å². The molecule has 0 atom stereocenters. The predicted molar refractivity (Wildman–Crippen MR) is 62.1 cm³/mol. The fourth-order valence-electron chi connectivity index (χ4n) is 1.78. The molecule has 0 radical (unpaired) electrons. The molecule has 0 aromatic rings. The van der Waals surface area contributed by atoms with Crippen LogP contribution in [0.3, 0.4) is 0 Å². The zero-order valence-corrected chi connectivity index (χ0v) is 10.7. The molecule has 0 unspecified atom stereocenters. The molecule has 6 nitrogen and oxygen atoms in total. The number of hydrogen-bond acceptors (Lipinski definition) is 4. The second-order valence-electron chi connectivity index (χ2n) is 4.71. The summed E-state index contributed by atoms with van der Waals surface area (Å²) >= 11 is 0. The number of aliphatic hydroxyl groups is 1. The van der Waals surface area contributed by atoms with Crippen molar-refractivity contribution in [3.05, 3.63) is 0 Å². The third-order valence-corrected chi connectivity index (χ3v) is 4.94. The lowest BCUT2D eigenvalue weighted by Gasteiger charge is -2.34. The van der Waals surface area contributed by atoms with Crippen molar-refractivity contribution in [3.63, 3.8) is 0 Å². The highest BCUT2D eigenvalue weighted by molar-refractivity contribution is 7.89. The molecule has 2 N–H and O–H groups in total. The molecule has 1 aliphatic rings. The minimum atomic E-state index is -3.37. The van der Waals surface area contributed by atoms with Crippen molar-refractivity contribution in [2.24, 2.45) is 0 Å². The van der Waals surface area contributed by atoms with Crippen molar-refractivity contribution in [2.45, 2.75) is 38.2 Å². The summed E-state index contributed by atoms with van der Waals surface area (Å²) in [5, 5.41) is 18.2. The van der Waals surface area contributed by atoms with Crippen LogP contribution in [0.1, 0.15) is 32.6 Å². The van der Waals surface area contributed by atoms with Crippen LogP contribution in [0.15, 0.2) is 0 Å². The minimum absolute atomic E-state index is 0.130. The van der Waals surface area contributed by atoms with E-state index in [2.05, 4.69) is 0 Å². The SMILES string of the molecule is CC1(O)CCN(S(=O)(=O)CCCC(=O)O)CC1. The number of sulfonamides is 1. The molecule has 0 bridgehead atoms. The Kier molecular flexibility index (Phi) is 4.51. The van der Waals surface area contributed by atoms with Gasteiger partial charge in [-0.2, -0.15) is 0 Å². The van der Waals surface area contributed by atoms with Crippen molar-refractivity contribution in [3.8, 4) is 0 Å². The summed E-state index contributed by atoms with van der Waals surface area (Å²) in [5.41, 5.74) is -0.785. The van der Waals surface area contributed by atoms with E-state index in [9.17, 15) is 18.3 Å². The van der Waals surface area contributed by atoms with Crippen LogP contribution in [0.25, 0.3) is 0 Å². The number of carbonyl (C=O) groups is 1. The minimum Gasteiger partial charge on any atom is -0.481 e. The van der Waals surface area contributed by atoms with E-state index in [4.69, 9.17) is 5.11 Å². The Morgan fingerprint density at radius 1 is 1.35 bits per heavy atom. The molecule has 100 valence electrons. The Bertz CT molecular complexity index is 366. The molecule has 0 aliphatic carbocycles. The molecule has 0 spiro atoms. The van der Waals surface area contributed by atoms with Crippen LogP contribution >= 0.6 is 0 Å². The van der Waals surface area contributed by atoms with Crippen LogP contribution in [0, 0.1) is 0 Å². The average Bonchev–Trinajstić information content (AvgIpc) is 2.15. The third kappa shape index (κ3) is 4.61. The molecule has 1 rings (SSSR count). The molecule has 0 aromatic carbocycles. The van der Waals surface area contributed by atoms with Gasteiger partial charge in [0.2, 0.25) is 10.0 Å². The van der Waals surface area contributed by atoms with E-state index in [1.807, 2.05) is 0 Å². The highest BCUT2D eigenvalue weighted by Gasteiger charge is 2.32. The number of hydrogen-bond donors (Lipinski definition) is 2. The Labute approximate surface area is 101 Å². The Morgan fingerprint density at radius 2 is 1.88 bits per heavy atom. The second kappa shape index (κ2) is 5.32. The van der Waals surface area contributed by atoms with Gasteiger partial charge >= 0.3 is 5.97 Å². The molecule has 1 saturated heterocycles. The zero-order valence-electron chi connectivity index (χ0n) is 9.92. The molecule has 1 heterocycles. The summed E-state index contributed by atoms with van der Waals surface area (Å²) < 4.78 is 25.0.